The normalized spacial score (nSPS) is 9.96. The van der Waals surface area contributed by atoms with Crippen LogP contribution in [0.4, 0.5) is 0 Å². The molecule has 2 rings (SSSR count). The molecule has 2 aromatic carbocycles. The maximum atomic E-state index is 12.0. The SMILES string of the molecule is COC(=O)c1cc(OC(=O)COc2cccc(C)c2)cc(C(=O)OC)c1. The Balaban J connectivity index is 2.12. The first kappa shape index (κ1) is 19.0. The summed E-state index contributed by atoms with van der Waals surface area (Å²) in [6.07, 6.45) is 0. The maximum absolute atomic E-state index is 12.0. The van der Waals surface area contributed by atoms with Gasteiger partial charge >= 0.3 is 17.9 Å². The first-order valence-electron chi connectivity index (χ1n) is 7.65. The summed E-state index contributed by atoms with van der Waals surface area (Å²) in [5, 5.41) is 0. The average Bonchev–Trinajstić information content (AvgIpc) is 2.64. The van der Waals surface area contributed by atoms with Crippen LogP contribution in [0.1, 0.15) is 26.3 Å². The van der Waals surface area contributed by atoms with Crippen molar-refractivity contribution in [1.82, 2.24) is 0 Å². The lowest BCUT2D eigenvalue weighted by Crippen LogP contribution is -2.18. The zero-order valence-corrected chi connectivity index (χ0v) is 14.6. The zero-order valence-electron chi connectivity index (χ0n) is 14.6. The number of esters is 3. The van der Waals surface area contributed by atoms with Crippen LogP contribution in [-0.2, 0) is 14.3 Å². The van der Waals surface area contributed by atoms with Gasteiger partial charge in [-0.3, -0.25) is 0 Å². The predicted octanol–water partition coefficient (Wildman–Crippen LogP) is 2.55. The molecule has 2 aromatic rings. The number of benzene rings is 2. The molecule has 0 saturated heterocycles. The summed E-state index contributed by atoms with van der Waals surface area (Å²) in [5.41, 5.74) is 1.10. The van der Waals surface area contributed by atoms with Gasteiger partial charge in [-0.25, -0.2) is 14.4 Å². The van der Waals surface area contributed by atoms with Crippen LogP contribution in [0.5, 0.6) is 11.5 Å². The number of carbonyl (C=O) groups is 3. The smallest absolute Gasteiger partial charge is 0.349 e. The molecule has 0 heterocycles. The van der Waals surface area contributed by atoms with Crippen LogP contribution in [0.25, 0.3) is 0 Å². The van der Waals surface area contributed by atoms with Crippen LogP contribution < -0.4 is 9.47 Å². The van der Waals surface area contributed by atoms with Crippen LogP contribution >= 0.6 is 0 Å². The quantitative estimate of drug-likeness (QED) is 0.579. The second-order valence-electron chi connectivity index (χ2n) is 5.31. The number of carbonyl (C=O) groups excluding carboxylic acids is 3. The van der Waals surface area contributed by atoms with E-state index < -0.39 is 17.9 Å². The summed E-state index contributed by atoms with van der Waals surface area (Å²) in [6, 6.07) is 11.1. The predicted molar refractivity (Wildman–Crippen MR) is 91.4 cm³/mol. The van der Waals surface area contributed by atoms with Gasteiger partial charge in [-0.05, 0) is 42.8 Å². The summed E-state index contributed by atoms with van der Waals surface area (Å²) in [7, 11) is 2.41. The van der Waals surface area contributed by atoms with Crippen molar-refractivity contribution in [2.24, 2.45) is 0 Å². The van der Waals surface area contributed by atoms with Crippen molar-refractivity contribution >= 4 is 17.9 Å². The van der Waals surface area contributed by atoms with Gasteiger partial charge in [0.25, 0.3) is 0 Å². The molecule has 0 fully saturated rings. The van der Waals surface area contributed by atoms with E-state index >= 15 is 0 Å². The lowest BCUT2D eigenvalue weighted by molar-refractivity contribution is -0.136. The van der Waals surface area contributed by atoms with E-state index in [-0.39, 0.29) is 23.5 Å². The fourth-order valence-corrected chi connectivity index (χ4v) is 2.14. The van der Waals surface area contributed by atoms with E-state index in [0.29, 0.717) is 5.75 Å². The summed E-state index contributed by atoms with van der Waals surface area (Å²) in [5.74, 6) is -1.51. The minimum atomic E-state index is -0.690. The first-order chi connectivity index (χ1) is 12.4. The average molecular weight is 358 g/mol. The van der Waals surface area contributed by atoms with Crippen molar-refractivity contribution in [2.75, 3.05) is 20.8 Å². The molecule has 0 amide bonds. The summed E-state index contributed by atoms with van der Waals surface area (Å²) in [4.78, 5) is 35.4. The van der Waals surface area contributed by atoms with Gasteiger partial charge in [0.05, 0.1) is 25.3 Å². The van der Waals surface area contributed by atoms with E-state index in [4.69, 9.17) is 9.47 Å². The highest BCUT2D eigenvalue weighted by atomic mass is 16.6. The van der Waals surface area contributed by atoms with Gasteiger partial charge in [0.2, 0.25) is 0 Å². The molecule has 0 saturated carbocycles. The lowest BCUT2D eigenvalue weighted by Gasteiger charge is -2.10. The van der Waals surface area contributed by atoms with Crippen molar-refractivity contribution in [3.63, 3.8) is 0 Å². The monoisotopic (exact) mass is 358 g/mol. The maximum Gasteiger partial charge on any atom is 0.349 e. The summed E-state index contributed by atoms with van der Waals surface area (Å²) >= 11 is 0. The van der Waals surface area contributed by atoms with Crippen molar-refractivity contribution in [3.05, 3.63) is 59.2 Å². The van der Waals surface area contributed by atoms with Crippen molar-refractivity contribution in [1.29, 1.82) is 0 Å². The Labute approximate surface area is 150 Å². The van der Waals surface area contributed by atoms with Gasteiger partial charge in [-0.2, -0.15) is 0 Å². The summed E-state index contributed by atoms with van der Waals surface area (Å²) in [6.45, 7) is 1.57. The van der Waals surface area contributed by atoms with Gasteiger partial charge < -0.3 is 18.9 Å². The Bertz CT molecular complexity index is 792. The molecule has 0 atom stereocenters. The van der Waals surface area contributed by atoms with E-state index in [0.717, 1.165) is 5.56 Å². The van der Waals surface area contributed by atoms with Gasteiger partial charge in [-0.1, -0.05) is 12.1 Å². The molecular weight excluding hydrogens is 340 g/mol. The fourth-order valence-electron chi connectivity index (χ4n) is 2.14. The topological polar surface area (TPSA) is 88.1 Å². The number of ether oxygens (including phenoxy) is 4. The highest BCUT2D eigenvalue weighted by molar-refractivity contribution is 5.96. The third-order valence-corrected chi connectivity index (χ3v) is 3.33. The molecule has 0 unspecified atom stereocenters. The Hall–Kier alpha value is -3.35. The van der Waals surface area contributed by atoms with E-state index in [9.17, 15) is 14.4 Å². The van der Waals surface area contributed by atoms with E-state index in [1.165, 1.54) is 32.4 Å². The number of rotatable bonds is 6. The molecule has 0 aliphatic heterocycles. The van der Waals surface area contributed by atoms with Crippen molar-refractivity contribution in [3.8, 4) is 11.5 Å². The molecule has 0 bridgehead atoms. The Kier molecular flexibility index (Phi) is 6.32. The number of aryl methyl sites for hydroxylation is 1. The number of methoxy groups -OCH3 is 2. The first-order valence-corrected chi connectivity index (χ1v) is 7.65. The molecule has 0 aliphatic carbocycles. The van der Waals surface area contributed by atoms with Crippen LogP contribution in [0.2, 0.25) is 0 Å². The lowest BCUT2D eigenvalue weighted by atomic mass is 10.1. The van der Waals surface area contributed by atoms with Gasteiger partial charge in [0.15, 0.2) is 6.61 Å². The van der Waals surface area contributed by atoms with E-state index in [1.54, 1.807) is 18.2 Å². The Morgan fingerprint density at radius 1 is 0.846 bits per heavy atom. The highest BCUT2D eigenvalue weighted by Crippen LogP contribution is 2.20. The molecular formula is C19H18O7. The Morgan fingerprint density at radius 3 is 2.00 bits per heavy atom. The third-order valence-electron chi connectivity index (χ3n) is 3.33. The van der Waals surface area contributed by atoms with E-state index in [1.807, 2.05) is 13.0 Å². The van der Waals surface area contributed by atoms with Gasteiger partial charge in [-0.15, -0.1) is 0 Å². The molecule has 0 spiro atoms. The summed E-state index contributed by atoms with van der Waals surface area (Å²) < 4.78 is 19.8. The third kappa shape index (κ3) is 5.07. The van der Waals surface area contributed by atoms with Crippen molar-refractivity contribution < 1.29 is 33.3 Å². The minimum Gasteiger partial charge on any atom is -0.482 e. The zero-order chi connectivity index (χ0) is 19.1. The molecule has 7 heteroatoms. The second kappa shape index (κ2) is 8.66. The molecule has 0 aliphatic rings. The fraction of sp³-hybridized carbons (Fsp3) is 0.211. The van der Waals surface area contributed by atoms with E-state index in [2.05, 4.69) is 9.47 Å². The minimum absolute atomic E-state index is 0.00569. The van der Waals surface area contributed by atoms with Crippen molar-refractivity contribution in [2.45, 2.75) is 6.92 Å². The number of hydrogen-bond donors (Lipinski definition) is 0. The Morgan fingerprint density at radius 2 is 1.46 bits per heavy atom. The van der Waals surface area contributed by atoms with Gasteiger partial charge in [0.1, 0.15) is 11.5 Å². The molecule has 7 nitrogen and oxygen atoms in total. The molecule has 136 valence electrons. The highest BCUT2D eigenvalue weighted by Gasteiger charge is 2.16. The molecule has 0 aromatic heterocycles. The molecule has 0 N–H and O–H groups in total. The second-order valence-corrected chi connectivity index (χ2v) is 5.31. The number of hydrogen-bond acceptors (Lipinski definition) is 7. The van der Waals surface area contributed by atoms with Crippen LogP contribution in [-0.4, -0.2) is 38.7 Å². The van der Waals surface area contributed by atoms with Crippen LogP contribution in [0, 0.1) is 6.92 Å². The van der Waals surface area contributed by atoms with Crippen LogP contribution in [0.3, 0.4) is 0 Å². The van der Waals surface area contributed by atoms with Gasteiger partial charge in [0, 0.05) is 0 Å². The standard InChI is InChI=1S/C19H18O7/c1-12-5-4-6-15(7-12)25-11-17(20)26-16-9-13(18(21)23-2)8-14(10-16)19(22)24-3/h4-10H,11H2,1-3H3. The largest absolute Gasteiger partial charge is 0.482 e. The molecule has 0 radical (unpaired) electrons. The molecule has 26 heavy (non-hydrogen) atoms. The van der Waals surface area contributed by atoms with Crippen LogP contribution in [0.15, 0.2) is 42.5 Å².